The second kappa shape index (κ2) is 5.78. The molecule has 1 aliphatic rings. The Morgan fingerprint density at radius 2 is 1.67 bits per heavy atom. The number of benzene rings is 2. The maximum atomic E-state index is 12.2. The molecule has 0 bridgehead atoms. The van der Waals surface area contributed by atoms with Crippen LogP contribution >= 0.6 is 0 Å². The fourth-order valence-electron chi connectivity index (χ4n) is 2.70. The average Bonchev–Trinajstić information content (AvgIpc) is 2.81. The van der Waals surface area contributed by atoms with Gasteiger partial charge in [-0.15, -0.1) is 13.2 Å². The molecule has 2 aromatic carbocycles. The first-order valence-electron chi connectivity index (χ1n) is 7.41. The maximum Gasteiger partial charge on any atom is 0.573 e. The van der Waals surface area contributed by atoms with Gasteiger partial charge in [0.05, 0.1) is 5.69 Å². The van der Waals surface area contributed by atoms with Crippen LogP contribution in [0.15, 0.2) is 54.9 Å². The molecule has 1 heterocycles. The Kier molecular flexibility index (Phi) is 3.91. The van der Waals surface area contributed by atoms with Crippen LogP contribution in [0.3, 0.4) is 0 Å². The van der Waals surface area contributed by atoms with Crippen LogP contribution in [0.2, 0.25) is 0 Å². The molecule has 1 aliphatic heterocycles. The fraction of sp³-hybridized carbons (Fsp3) is 0.222. The molecule has 0 N–H and O–H groups in total. The zero-order chi connectivity index (χ0) is 17.5. The van der Waals surface area contributed by atoms with Gasteiger partial charge in [-0.05, 0) is 55.8 Å². The summed E-state index contributed by atoms with van der Waals surface area (Å²) >= 11 is 0. The van der Waals surface area contributed by atoms with Crippen molar-refractivity contribution in [3.05, 3.63) is 54.9 Å². The molecule has 0 saturated heterocycles. The number of hydrogen-bond acceptors (Lipinski definition) is 3. The van der Waals surface area contributed by atoms with Gasteiger partial charge in [-0.2, -0.15) is 0 Å². The van der Waals surface area contributed by atoms with E-state index in [1.54, 1.807) is 12.1 Å². The third kappa shape index (κ3) is 3.18. The van der Waals surface area contributed by atoms with Crippen molar-refractivity contribution < 1.29 is 22.6 Å². The smallest absolute Gasteiger partial charge is 0.439 e. The van der Waals surface area contributed by atoms with E-state index in [0.717, 1.165) is 22.6 Å². The lowest BCUT2D eigenvalue weighted by atomic mass is 10.0. The summed E-state index contributed by atoms with van der Waals surface area (Å²) in [6.07, 6.45) is -4.69. The summed E-state index contributed by atoms with van der Waals surface area (Å²) in [4.78, 5) is 1.97. The number of alkyl halides is 3. The van der Waals surface area contributed by atoms with Crippen LogP contribution in [-0.4, -0.2) is 12.4 Å². The lowest BCUT2D eigenvalue weighted by molar-refractivity contribution is -0.274. The Hall–Kier alpha value is -2.63. The van der Waals surface area contributed by atoms with Gasteiger partial charge >= 0.3 is 6.36 Å². The third-order valence-electron chi connectivity index (χ3n) is 3.65. The second-order valence-corrected chi connectivity index (χ2v) is 5.71. The van der Waals surface area contributed by atoms with Crippen molar-refractivity contribution in [1.29, 1.82) is 0 Å². The summed E-state index contributed by atoms with van der Waals surface area (Å²) in [5, 5.41) is 0. The first-order valence-corrected chi connectivity index (χ1v) is 7.41. The number of fused-ring (bicyclic) bond motifs is 1. The van der Waals surface area contributed by atoms with Gasteiger partial charge in [0.15, 0.2) is 11.6 Å². The van der Waals surface area contributed by atoms with Gasteiger partial charge in [0.25, 0.3) is 0 Å². The van der Waals surface area contributed by atoms with Gasteiger partial charge in [0.2, 0.25) is 0 Å². The number of nitrogens with zero attached hydrogens (tertiary/aromatic N) is 1. The van der Waals surface area contributed by atoms with Crippen LogP contribution in [0.1, 0.15) is 13.8 Å². The van der Waals surface area contributed by atoms with Crippen molar-refractivity contribution in [1.82, 2.24) is 0 Å². The van der Waals surface area contributed by atoms with Crippen LogP contribution in [0.25, 0.3) is 11.1 Å². The van der Waals surface area contributed by atoms with E-state index in [9.17, 15) is 13.2 Å². The maximum absolute atomic E-state index is 12.2. The SMILES string of the molecule is C=C1Oc2ccc(-c3ccc(OC(F)(F)F)cc3)cc2N1C(C)C. The van der Waals surface area contributed by atoms with Gasteiger partial charge in [0, 0.05) is 6.04 Å². The standard InChI is InChI=1S/C18H16F3NO2/c1-11(2)22-12(3)23-17-9-6-14(10-16(17)22)13-4-7-15(8-5-13)24-18(19,20)21/h4-11H,3H2,1-2H3. The number of rotatable bonds is 3. The van der Waals surface area contributed by atoms with Crippen LogP contribution in [0.5, 0.6) is 11.5 Å². The molecule has 126 valence electrons. The molecule has 0 radical (unpaired) electrons. The van der Waals surface area contributed by atoms with Gasteiger partial charge < -0.3 is 14.4 Å². The molecule has 0 saturated carbocycles. The molecule has 0 aromatic heterocycles. The fourth-order valence-corrected chi connectivity index (χ4v) is 2.70. The zero-order valence-electron chi connectivity index (χ0n) is 13.2. The first kappa shape index (κ1) is 16.2. The Morgan fingerprint density at radius 3 is 2.25 bits per heavy atom. The highest BCUT2D eigenvalue weighted by Crippen LogP contribution is 2.42. The summed E-state index contributed by atoms with van der Waals surface area (Å²) in [7, 11) is 0. The Balaban J connectivity index is 1.90. The topological polar surface area (TPSA) is 21.7 Å². The lowest BCUT2D eigenvalue weighted by Crippen LogP contribution is -2.27. The van der Waals surface area contributed by atoms with E-state index in [0.29, 0.717) is 5.88 Å². The predicted octanol–water partition coefficient (Wildman–Crippen LogP) is 5.33. The average molecular weight is 335 g/mol. The molecule has 6 heteroatoms. The van der Waals surface area contributed by atoms with Crippen molar-refractivity contribution >= 4 is 5.69 Å². The molecule has 2 aromatic rings. The molecular formula is C18H16F3NO2. The molecule has 0 spiro atoms. The lowest BCUT2D eigenvalue weighted by Gasteiger charge is -2.22. The van der Waals surface area contributed by atoms with Gasteiger partial charge in [-0.1, -0.05) is 18.2 Å². The quantitative estimate of drug-likeness (QED) is 0.757. The van der Waals surface area contributed by atoms with E-state index in [-0.39, 0.29) is 11.8 Å². The first-order chi connectivity index (χ1) is 11.2. The van der Waals surface area contributed by atoms with E-state index < -0.39 is 6.36 Å². The van der Waals surface area contributed by atoms with Gasteiger partial charge in [-0.3, -0.25) is 0 Å². The summed E-state index contributed by atoms with van der Waals surface area (Å²) in [5.41, 5.74) is 2.55. The van der Waals surface area contributed by atoms with Crippen molar-refractivity contribution in [2.75, 3.05) is 4.90 Å². The number of hydrogen-bond donors (Lipinski definition) is 0. The summed E-state index contributed by atoms with van der Waals surface area (Å²) in [6.45, 7) is 7.96. The number of ether oxygens (including phenoxy) is 2. The molecule has 3 nitrogen and oxygen atoms in total. The highest BCUT2D eigenvalue weighted by Gasteiger charge is 2.31. The van der Waals surface area contributed by atoms with E-state index in [1.807, 2.05) is 36.9 Å². The zero-order valence-corrected chi connectivity index (χ0v) is 13.2. The van der Waals surface area contributed by atoms with E-state index in [2.05, 4.69) is 11.3 Å². The molecule has 0 aliphatic carbocycles. The van der Waals surface area contributed by atoms with Crippen molar-refractivity contribution in [3.63, 3.8) is 0 Å². The van der Waals surface area contributed by atoms with E-state index >= 15 is 0 Å². The van der Waals surface area contributed by atoms with Gasteiger partial charge in [-0.25, -0.2) is 0 Å². The summed E-state index contributed by atoms with van der Waals surface area (Å²) in [6, 6.07) is 11.6. The van der Waals surface area contributed by atoms with Crippen LogP contribution in [-0.2, 0) is 0 Å². The largest absolute Gasteiger partial charge is 0.573 e. The molecule has 0 amide bonds. The van der Waals surface area contributed by atoms with Crippen LogP contribution in [0, 0.1) is 0 Å². The highest BCUT2D eigenvalue weighted by molar-refractivity contribution is 5.76. The van der Waals surface area contributed by atoms with E-state index in [1.165, 1.54) is 12.1 Å². The van der Waals surface area contributed by atoms with Crippen molar-refractivity contribution in [2.24, 2.45) is 0 Å². The Morgan fingerprint density at radius 1 is 1.04 bits per heavy atom. The minimum atomic E-state index is -4.69. The van der Waals surface area contributed by atoms with Crippen molar-refractivity contribution in [3.8, 4) is 22.6 Å². The minimum absolute atomic E-state index is 0.177. The number of halogens is 3. The highest BCUT2D eigenvalue weighted by atomic mass is 19.4. The Labute approximate surface area is 137 Å². The summed E-state index contributed by atoms with van der Waals surface area (Å²) < 4.78 is 46.2. The molecule has 24 heavy (non-hydrogen) atoms. The molecule has 0 atom stereocenters. The predicted molar refractivity (Wildman–Crippen MR) is 85.9 cm³/mol. The second-order valence-electron chi connectivity index (χ2n) is 5.71. The molecule has 0 fully saturated rings. The van der Waals surface area contributed by atoms with Crippen LogP contribution in [0.4, 0.5) is 18.9 Å². The van der Waals surface area contributed by atoms with Gasteiger partial charge in [0.1, 0.15) is 5.75 Å². The van der Waals surface area contributed by atoms with Crippen LogP contribution < -0.4 is 14.4 Å². The third-order valence-corrected chi connectivity index (χ3v) is 3.65. The van der Waals surface area contributed by atoms with E-state index in [4.69, 9.17) is 4.74 Å². The number of anilines is 1. The molecule has 3 rings (SSSR count). The summed E-state index contributed by atoms with van der Waals surface area (Å²) in [5.74, 6) is 1.04. The Bertz CT molecular complexity index is 767. The van der Waals surface area contributed by atoms with Crippen molar-refractivity contribution in [2.45, 2.75) is 26.3 Å². The normalized spacial score (nSPS) is 13.9. The molecule has 0 unspecified atom stereocenters. The monoisotopic (exact) mass is 335 g/mol. The minimum Gasteiger partial charge on any atom is -0.439 e. The molecular weight excluding hydrogens is 319 g/mol.